The molecule has 13 heavy (non-hydrogen) atoms. The number of hydrogen-bond acceptors (Lipinski definition) is 2. The maximum atomic E-state index is 9.43. The molecule has 70 valence electrons. The molecule has 1 fully saturated rings. The zero-order valence-corrected chi connectivity index (χ0v) is 7.66. The molecule has 1 aromatic rings. The van der Waals surface area contributed by atoms with E-state index in [0.29, 0.717) is 0 Å². The highest BCUT2D eigenvalue weighted by Gasteiger charge is 2.34. The Labute approximate surface area is 78.6 Å². The SMILES string of the molecule is OC[C@@]1(c2ccccc2)CCNC1. The second-order valence-electron chi connectivity index (χ2n) is 3.73. The van der Waals surface area contributed by atoms with Crippen LogP contribution in [0.15, 0.2) is 30.3 Å². The highest BCUT2D eigenvalue weighted by atomic mass is 16.3. The Kier molecular flexibility index (Phi) is 2.34. The summed E-state index contributed by atoms with van der Waals surface area (Å²) in [6, 6.07) is 10.3. The molecule has 2 rings (SSSR count). The van der Waals surface area contributed by atoms with E-state index in [9.17, 15) is 5.11 Å². The fraction of sp³-hybridized carbons (Fsp3) is 0.455. The summed E-state index contributed by atoms with van der Waals surface area (Å²) in [5.41, 5.74) is 1.23. The van der Waals surface area contributed by atoms with E-state index in [1.54, 1.807) is 0 Å². The van der Waals surface area contributed by atoms with Crippen molar-refractivity contribution < 1.29 is 5.11 Å². The molecule has 0 saturated carbocycles. The average Bonchev–Trinajstić information content (AvgIpc) is 2.69. The van der Waals surface area contributed by atoms with Gasteiger partial charge < -0.3 is 10.4 Å². The second kappa shape index (κ2) is 3.48. The van der Waals surface area contributed by atoms with E-state index >= 15 is 0 Å². The average molecular weight is 177 g/mol. The lowest BCUT2D eigenvalue weighted by molar-refractivity contribution is 0.205. The van der Waals surface area contributed by atoms with Crippen molar-refractivity contribution in [1.82, 2.24) is 5.32 Å². The van der Waals surface area contributed by atoms with Crippen molar-refractivity contribution >= 4 is 0 Å². The van der Waals surface area contributed by atoms with Gasteiger partial charge >= 0.3 is 0 Å². The van der Waals surface area contributed by atoms with E-state index in [0.717, 1.165) is 19.5 Å². The first-order chi connectivity index (χ1) is 6.37. The van der Waals surface area contributed by atoms with Gasteiger partial charge in [0.05, 0.1) is 6.61 Å². The first-order valence-corrected chi connectivity index (χ1v) is 4.74. The Bertz CT molecular complexity index is 265. The minimum absolute atomic E-state index is 0.0265. The summed E-state index contributed by atoms with van der Waals surface area (Å²) in [6.45, 7) is 2.15. The predicted octanol–water partition coefficient (Wildman–Crippen LogP) is 0.910. The van der Waals surface area contributed by atoms with Crippen LogP contribution in [0.5, 0.6) is 0 Å². The van der Waals surface area contributed by atoms with Gasteiger partial charge in [0, 0.05) is 12.0 Å². The van der Waals surface area contributed by atoms with Gasteiger partial charge in [0.1, 0.15) is 0 Å². The van der Waals surface area contributed by atoms with Crippen LogP contribution in [0, 0.1) is 0 Å². The molecule has 0 aliphatic carbocycles. The third-order valence-electron chi connectivity index (χ3n) is 2.93. The Morgan fingerprint density at radius 1 is 1.31 bits per heavy atom. The van der Waals surface area contributed by atoms with E-state index in [4.69, 9.17) is 0 Å². The Morgan fingerprint density at radius 2 is 2.08 bits per heavy atom. The van der Waals surface area contributed by atoms with Crippen molar-refractivity contribution in [3.63, 3.8) is 0 Å². The highest BCUT2D eigenvalue weighted by molar-refractivity contribution is 5.27. The van der Waals surface area contributed by atoms with Crippen molar-refractivity contribution in [2.45, 2.75) is 11.8 Å². The standard InChI is InChI=1S/C11H15NO/c13-9-11(6-7-12-8-11)10-4-2-1-3-5-10/h1-5,12-13H,6-9H2/t11-/m1/s1. The molecular weight excluding hydrogens is 162 g/mol. The molecule has 2 N–H and O–H groups in total. The second-order valence-corrected chi connectivity index (χ2v) is 3.73. The van der Waals surface area contributed by atoms with Gasteiger partial charge in [0.2, 0.25) is 0 Å². The summed E-state index contributed by atoms with van der Waals surface area (Å²) in [5.74, 6) is 0. The third kappa shape index (κ3) is 1.47. The summed E-state index contributed by atoms with van der Waals surface area (Å²) in [7, 11) is 0. The van der Waals surface area contributed by atoms with Crippen LogP contribution in [0.2, 0.25) is 0 Å². The first-order valence-electron chi connectivity index (χ1n) is 4.74. The number of nitrogens with one attached hydrogen (secondary N) is 1. The largest absolute Gasteiger partial charge is 0.395 e. The lowest BCUT2D eigenvalue weighted by atomic mass is 9.81. The number of rotatable bonds is 2. The van der Waals surface area contributed by atoms with Gasteiger partial charge in [-0.2, -0.15) is 0 Å². The van der Waals surface area contributed by atoms with Crippen LogP contribution >= 0.6 is 0 Å². The molecule has 1 aromatic carbocycles. The van der Waals surface area contributed by atoms with E-state index in [1.165, 1.54) is 5.56 Å². The topological polar surface area (TPSA) is 32.3 Å². The van der Waals surface area contributed by atoms with Crippen LogP contribution < -0.4 is 5.32 Å². The molecular formula is C11H15NO. The van der Waals surface area contributed by atoms with Crippen molar-refractivity contribution in [3.05, 3.63) is 35.9 Å². The van der Waals surface area contributed by atoms with Gasteiger partial charge in [0.25, 0.3) is 0 Å². The van der Waals surface area contributed by atoms with Crippen LogP contribution in [-0.2, 0) is 5.41 Å². The highest BCUT2D eigenvalue weighted by Crippen LogP contribution is 2.29. The van der Waals surface area contributed by atoms with Gasteiger partial charge in [-0.1, -0.05) is 30.3 Å². The summed E-state index contributed by atoms with van der Waals surface area (Å²) < 4.78 is 0. The van der Waals surface area contributed by atoms with E-state index < -0.39 is 0 Å². The van der Waals surface area contributed by atoms with Crippen molar-refractivity contribution in [1.29, 1.82) is 0 Å². The molecule has 1 atom stereocenters. The van der Waals surface area contributed by atoms with Gasteiger partial charge in [0.15, 0.2) is 0 Å². The monoisotopic (exact) mass is 177 g/mol. The number of aliphatic hydroxyl groups is 1. The first kappa shape index (κ1) is 8.73. The fourth-order valence-electron chi connectivity index (χ4n) is 2.01. The van der Waals surface area contributed by atoms with Crippen molar-refractivity contribution in [3.8, 4) is 0 Å². The molecule has 2 heteroatoms. The molecule has 2 nitrogen and oxygen atoms in total. The Hall–Kier alpha value is -0.860. The summed E-state index contributed by atoms with van der Waals surface area (Å²) >= 11 is 0. The zero-order valence-electron chi connectivity index (χ0n) is 7.66. The molecule has 0 bridgehead atoms. The molecule has 0 aromatic heterocycles. The summed E-state index contributed by atoms with van der Waals surface area (Å²) in [6.07, 6.45) is 1.04. The molecule has 1 saturated heterocycles. The fourth-order valence-corrected chi connectivity index (χ4v) is 2.01. The Morgan fingerprint density at radius 3 is 2.62 bits per heavy atom. The molecule has 0 amide bonds. The molecule has 1 aliphatic heterocycles. The lowest BCUT2D eigenvalue weighted by Crippen LogP contribution is -2.32. The van der Waals surface area contributed by atoms with Crippen LogP contribution in [0.4, 0.5) is 0 Å². The van der Waals surface area contributed by atoms with Crippen LogP contribution in [0.3, 0.4) is 0 Å². The lowest BCUT2D eigenvalue weighted by Gasteiger charge is -2.25. The number of hydrogen-bond donors (Lipinski definition) is 2. The van der Waals surface area contributed by atoms with Gasteiger partial charge in [-0.05, 0) is 18.5 Å². The number of aliphatic hydroxyl groups excluding tert-OH is 1. The van der Waals surface area contributed by atoms with Gasteiger partial charge in [-0.3, -0.25) is 0 Å². The molecule has 0 spiro atoms. The molecule has 1 aliphatic rings. The summed E-state index contributed by atoms with van der Waals surface area (Å²) in [5, 5.41) is 12.7. The van der Waals surface area contributed by atoms with Gasteiger partial charge in [-0.15, -0.1) is 0 Å². The zero-order chi connectivity index (χ0) is 9.15. The van der Waals surface area contributed by atoms with Gasteiger partial charge in [-0.25, -0.2) is 0 Å². The van der Waals surface area contributed by atoms with E-state index in [-0.39, 0.29) is 12.0 Å². The van der Waals surface area contributed by atoms with E-state index in [1.807, 2.05) is 18.2 Å². The molecule has 1 heterocycles. The maximum Gasteiger partial charge on any atom is 0.0540 e. The third-order valence-corrected chi connectivity index (χ3v) is 2.93. The van der Waals surface area contributed by atoms with Crippen molar-refractivity contribution in [2.24, 2.45) is 0 Å². The van der Waals surface area contributed by atoms with Crippen LogP contribution in [-0.4, -0.2) is 24.8 Å². The normalized spacial score (nSPS) is 27.8. The molecule has 0 unspecified atom stereocenters. The Balaban J connectivity index is 2.31. The molecule has 0 radical (unpaired) electrons. The summed E-state index contributed by atoms with van der Waals surface area (Å²) in [4.78, 5) is 0. The quantitative estimate of drug-likeness (QED) is 0.703. The predicted molar refractivity (Wildman–Crippen MR) is 52.7 cm³/mol. The van der Waals surface area contributed by atoms with Crippen molar-refractivity contribution in [2.75, 3.05) is 19.7 Å². The maximum absolute atomic E-state index is 9.43. The minimum atomic E-state index is -0.0265. The van der Waals surface area contributed by atoms with Crippen LogP contribution in [0.25, 0.3) is 0 Å². The van der Waals surface area contributed by atoms with Crippen LogP contribution in [0.1, 0.15) is 12.0 Å². The smallest absolute Gasteiger partial charge is 0.0540 e. The van der Waals surface area contributed by atoms with E-state index in [2.05, 4.69) is 17.4 Å². The number of benzene rings is 1. The minimum Gasteiger partial charge on any atom is -0.395 e.